The molecule has 0 atom stereocenters. The molecule has 0 bridgehead atoms. The Morgan fingerprint density at radius 3 is 2.68 bits per heavy atom. The highest BCUT2D eigenvalue weighted by molar-refractivity contribution is 5.90. The number of esters is 2. The molecule has 0 saturated carbocycles. The van der Waals surface area contributed by atoms with Gasteiger partial charge in [-0.15, -0.1) is 0 Å². The van der Waals surface area contributed by atoms with Gasteiger partial charge in [0.1, 0.15) is 5.69 Å². The quantitative estimate of drug-likeness (QED) is 0.792. The predicted octanol–water partition coefficient (Wildman–Crippen LogP) is 1.59. The number of aryl methyl sites for hydroxylation is 1. The third kappa shape index (κ3) is 4.65. The minimum absolute atomic E-state index is 0.231. The standard InChI is InChI=1S/C13H20N2O4/c1-4-5-15-7-10(14)6-11(15)13(17)18-8-12(16)19-9(2)3/h6-7,9H,4-5,8,14H2,1-3H3. The van der Waals surface area contributed by atoms with Crippen molar-refractivity contribution in [2.24, 2.45) is 0 Å². The van der Waals surface area contributed by atoms with Crippen LogP contribution in [0.1, 0.15) is 37.7 Å². The minimum Gasteiger partial charge on any atom is -0.460 e. The largest absolute Gasteiger partial charge is 0.460 e. The molecule has 1 rings (SSSR count). The Labute approximate surface area is 112 Å². The van der Waals surface area contributed by atoms with Gasteiger partial charge >= 0.3 is 11.9 Å². The summed E-state index contributed by atoms with van der Waals surface area (Å²) in [5.74, 6) is -1.14. The molecule has 0 amide bonds. The fourth-order valence-corrected chi connectivity index (χ4v) is 1.62. The molecule has 0 aliphatic rings. The van der Waals surface area contributed by atoms with Crippen LogP contribution in [0.3, 0.4) is 0 Å². The van der Waals surface area contributed by atoms with Gasteiger partial charge in [-0.25, -0.2) is 9.59 Å². The molecule has 19 heavy (non-hydrogen) atoms. The summed E-state index contributed by atoms with van der Waals surface area (Å²) in [5, 5.41) is 0. The zero-order valence-corrected chi connectivity index (χ0v) is 11.5. The molecule has 1 aromatic heterocycles. The molecule has 1 heterocycles. The molecule has 2 N–H and O–H groups in total. The Hall–Kier alpha value is -1.98. The van der Waals surface area contributed by atoms with E-state index in [9.17, 15) is 9.59 Å². The minimum atomic E-state index is -0.578. The summed E-state index contributed by atoms with van der Waals surface area (Å²) in [6.07, 6.45) is 2.31. The van der Waals surface area contributed by atoms with Gasteiger partial charge in [0, 0.05) is 12.7 Å². The van der Waals surface area contributed by atoms with Crippen molar-refractivity contribution < 1.29 is 19.1 Å². The Kier molecular flexibility index (Phi) is 5.41. The van der Waals surface area contributed by atoms with Crippen molar-refractivity contribution in [3.8, 4) is 0 Å². The van der Waals surface area contributed by atoms with Crippen LogP contribution in [0.4, 0.5) is 5.69 Å². The van der Waals surface area contributed by atoms with Crippen molar-refractivity contribution >= 4 is 17.6 Å². The number of rotatable bonds is 6. The van der Waals surface area contributed by atoms with E-state index in [0.29, 0.717) is 17.9 Å². The normalized spacial score (nSPS) is 10.5. The second-order valence-corrected chi connectivity index (χ2v) is 4.47. The Balaban J connectivity index is 2.60. The number of hydrogen-bond acceptors (Lipinski definition) is 5. The second kappa shape index (κ2) is 6.82. The van der Waals surface area contributed by atoms with Crippen LogP contribution in [0.2, 0.25) is 0 Å². The maximum absolute atomic E-state index is 11.8. The van der Waals surface area contributed by atoms with E-state index in [0.717, 1.165) is 6.42 Å². The van der Waals surface area contributed by atoms with Crippen LogP contribution < -0.4 is 5.73 Å². The molecule has 0 aromatic carbocycles. The Morgan fingerprint density at radius 2 is 2.11 bits per heavy atom. The van der Waals surface area contributed by atoms with Crippen LogP contribution >= 0.6 is 0 Å². The Bertz CT molecular complexity index is 451. The molecule has 6 heteroatoms. The van der Waals surface area contributed by atoms with Crippen molar-refractivity contribution in [1.29, 1.82) is 0 Å². The topological polar surface area (TPSA) is 83.5 Å². The maximum Gasteiger partial charge on any atom is 0.355 e. The summed E-state index contributed by atoms with van der Waals surface area (Å²) in [5.41, 5.74) is 6.48. The number of nitrogens with two attached hydrogens (primary N) is 1. The van der Waals surface area contributed by atoms with Crippen molar-refractivity contribution in [1.82, 2.24) is 4.57 Å². The van der Waals surface area contributed by atoms with Crippen molar-refractivity contribution in [2.45, 2.75) is 39.8 Å². The van der Waals surface area contributed by atoms with Gasteiger partial charge < -0.3 is 19.8 Å². The van der Waals surface area contributed by atoms with Gasteiger partial charge in [-0.3, -0.25) is 0 Å². The van der Waals surface area contributed by atoms with Crippen molar-refractivity contribution in [3.05, 3.63) is 18.0 Å². The van der Waals surface area contributed by atoms with Crippen LogP contribution in [-0.2, 0) is 20.8 Å². The fraction of sp³-hybridized carbons (Fsp3) is 0.538. The lowest BCUT2D eigenvalue weighted by atomic mass is 10.4. The number of ether oxygens (including phenoxy) is 2. The van der Waals surface area contributed by atoms with E-state index in [1.165, 1.54) is 6.07 Å². The number of nitrogens with zero attached hydrogens (tertiary/aromatic N) is 1. The van der Waals surface area contributed by atoms with Gasteiger partial charge in [-0.05, 0) is 26.3 Å². The molecule has 0 radical (unpaired) electrons. The van der Waals surface area contributed by atoms with Crippen LogP contribution in [-0.4, -0.2) is 29.2 Å². The highest BCUT2D eigenvalue weighted by atomic mass is 16.6. The highest BCUT2D eigenvalue weighted by Crippen LogP contribution is 2.12. The molecular formula is C13H20N2O4. The van der Waals surface area contributed by atoms with Crippen molar-refractivity contribution in [3.63, 3.8) is 0 Å². The number of nitrogen functional groups attached to an aromatic ring is 1. The average molecular weight is 268 g/mol. The Morgan fingerprint density at radius 1 is 1.42 bits per heavy atom. The number of hydrogen-bond donors (Lipinski definition) is 1. The van der Waals surface area contributed by atoms with Crippen LogP contribution in [0, 0.1) is 0 Å². The van der Waals surface area contributed by atoms with E-state index in [4.69, 9.17) is 15.2 Å². The third-order valence-corrected chi connectivity index (χ3v) is 2.28. The van der Waals surface area contributed by atoms with Crippen molar-refractivity contribution in [2.75, 3.05) is 12.3 Å². The lowest BCUT2D eigenvalue weighted by Gasteiger charge is -2.09. The predicted molar refractivity (Wildman–Crippen MR) is 70.6 cm³/mol. The van der Waals surface area contributed by atoms with Gasteiger partial charge in [-0.1, -0.05) is 6.92 Å². The van der Waals surface area contributed by atoms with Gasteiger partial charge in [0.2, 0.25) is 0 Å². The number of anilines is 1. The van der Waals surface area contributed by atoms with Gasteiger partial charge in [-0.2, -0.15) is 0 Å². The smallest absolute Gasteiger partial charge is 0.355 e. The monoisotopic (exact) mass is 268 g/mol. The summed E-state index contributed by atoms with van der Waals surface area (Å²) < 4.78 is 11.5. The second-order valence-electron chi connectivity index (χ2n) is 4.47. The number of carbonyl (C=O) groups excluding carboxylic acids is 2. The molecule has 0 saturated heterocycles. The SMILES string of the molecule is CCCn1cc(N)cc1C(=O)OCC(=O)OC(C)C. The summed E-state index contributed by atoms with van der Waals surface area (Å²) in [7, 11) is 0. The van der Waals surface area contributed by atoms with Gasteiger partial charge in [0.15, 0.2) is 6.61 Å². The molecular weight excluding hydrogens is 248 g/mol. The molecule has 6 nitrogen and oxygen atoms in total. The first kappa shape index (κ1) is 15.1. The zero-order chi connectivity index (χ0) is 14.4. The molecule has 0 aliphatic heterocycles. The fourth-order valence-electron chi connectivity index (χ4n) is 1.62. The van der Waals surface area contributed by atoms with E-state index in [1.807, 2.05) is 6.92 Å². The van der Waals surface area contributed by atoms with E-state index >= 15 is 0 Å². The summed E-state index contributed by atoms with van der Waals surface area (Å²) in [6, 6.07) is 1.53. The molecule has 0 aliphatic carbocycles. The van der Waals surface area contributed by atoms with Gasteiger partial charge in [0.25, 0.3) is 0 Å². The molecule has 0 spiro atoms. The highest BCUT2D eigenvalue weighted by Gasteiger charge is 2.16. The van der Waals surface area contributed by atoms with E-state index < -0.39 is 18.5 Å². The average Bonchev–Trinajstić information content (AvgIpc) is 2.67. The maximum atomic E-state index is 11.8. The third-order valence-electron chi connectivity index (χ3n) is 2.28. The van der Waals surface area contributed by atoms with Crippen LogP contribution in [0.5, 0.6) is 0 Å². The zero-order valence-electron chi connectivity index (χ0n) is 11.5. The summed E-state index contributed by atoms with van der Waals surface area (Å²) in [6.45, 7) is 5.72. The van der Waals surface area contributed by atoms with E-state index in [1.54, 1.807) is 24.6 Å². The first-order valence-electron chi connectivity index (χ1n) is 6.26. The number of aromatic nitrogens is 1. The number of carbonyl (C=O) groups is 2. The van der Waals surface area contributed by atoms with E-state index in [-0.39, 0.29) is 6.10 Å². The van der Waals surface area contributed by atoms with E-state index in [2.05, 4.69) is 0 Å². The summed E-state index contributed by atoms with van der Waals surface area (Å²) in [4.78, 5) is 23.1. The van der Waals surface area contributed by atoms with Crippen LogP contribution in [0.15, 0.2) is 12.3 Å². The summed E-state index contributed by atoms with van der Waals surface area (Å²) >= 11 is 0. The molecule has 106 valence electrons. The van der Waals surface area contributed by atoms with Crippen LogP contribution in [0.25, 0.3) is 0 Å². The lowest BCUT2D eigenvalue weighted by molar-refractivity contribution is -0.151. The first-order valence-corrected chi connectivity index (χ1v) is 6.26. The molecule has 1 aromatic rings. The molecule has 0 unspecified atom stereocenters. The van der Waals surface area contributed by atoms with Gasteiger partial charge in [0.05, 0.1) is 11.8 Å². The lowest BCUT2D eigenvalue weighted by Crippen LogP contribution is -2.21. The molecule has 0 fully saturated rings. The first-order chi connectivity index (χ1) is 8.93.